The minimum Gasteiger partial charge on any atom is -0.483 e. The summed E-state index contributed by atoms with van der Waals surface area (Å²) in [7, 11) is 0. The molecule has 2 aliphatic heterocycles. The fraction of sp³-hybridized carbons (Fsp3) is 0.364. The molecule has 30 heavy (non-hydrogen) atoms. The van der Waals surface area contributed by atoms with Gasteiger partial charge in [-0.05, 0) is 68.1 Å². The number of nitrogens with zero attached hydrogens (tertiary/aromatic N) is 1. The van der Waals surface area contributed by atoms with E-state index in [9.17, 15) is 14.0 Å². The number of hydrogen-bond acceptors (Lipinski definition) is 4. The number of fused-ring (bicyclic) bond motifs is 2. The van der Waals surface area contributed by atoms with Crippen molar-refractivity contribution in [1.82, 2.24) is 4.90 Å². The van der Waals surface area contributed by atoms with Crippen molar-refractivity contribution in [1.29, 1.82) is 0 Å². The van der Waals surface area contributed by atoms with E-state index in [1.807, 2.05) is 4.90 Å². The summed E-state index contributed by atoms with van der Waals surface area (Å²) in [4.78, 5) is 26.4. The van der Waals surface area contributed by atoms with Crippen LogP contribution in [0.2, 0.25) is 5.02 Å². The highest BCUT2D eigenvalue weighted by atomic mass is 35.5. The molecule has 2 bridgehead atoms. The fourth-order valence-corrected chi connectivity index (χ4v) is 4.69. The zero-order chi connectivity index (χ0) is 21.3. The molecule has 0 spiro atoms. The van der Waals surface area contributed by atoms with E-state index in [1.165, 1.54) is 18.2 Å². The number of carbonyl (C=O) groups is 2. The van der Waals surface area contributed by atoms with E-state index in [1.54, 1.807) is 24.3 Å². The number of rotatable bonds is 6. The molecule has 2 aromatic rings. The van der Waals surface area contributed by atoms with Gasteiger partial charge in [0, 0.05) is 28.8 Å². The molecule has 8 heteroatoms. The Labute approximate surface area is 179 Å². The number of halogens is 2. The Hall–Kier alpha value is -2.80. The first-order chi connectivity index (χ1) is 14.4. The first-order valence-electron chi connectivity index (χ1n) is 9.96. The molecule has 0 aliphatic carbocycles. The monoisotopic (exact) mass is 431 g/mol. The summed E-state index contributed by atoms with van der Waals surface area (Å²) in [6.07, 6.45) is 3.55. The van der Waals surface area contributed by atoms with Gasteiger partial charge < -0.3 is 20.7 Å². The first-order valence-corrected chi connectivity index (χ1v) is 10.3. The number of amides is 2. The first kappa shape index (κ1) is 20.5. The summed E-state index contributed by atoms with van der Waals surface area (Å²) in [5, 5.41) is 3.82. The zero-order valence-electron chi connectivity index (χ0n) is 16.3. The number of carbonyl (C=O) groups excluding carboxylic acids is 2. The van der Waals surface area contributed by atoms with Gasteiger partial charge in [0.25, 0.3) is 11.8 Å². The van der Waals surface area contributed by atoms with Crippen LogP contribution in [0.5, 0.6) is 5.75 Å². The van der Waals surface area contributed by atoms with Crippen LogP contribution in [0.1, 0.15) is 36.0 Å². The van der Waals surface area contributed by atoms with Crippen LogP contribution in [0.3, 0.4) is 0 Å². The van der Waals surface area contributed by atoms with E-state index < -0.39 is 5.91 Å². The Kier molecular flexibility index (Phi) is 5.81. The summed E-state index contributed by atoms with van der Waals surface area (Å²) in [6, 6.07) is 11.4. The Bertz CT molecular complexity index is 939. The minimum atomic E-state index is -0.660. The van der Waals surface area contributed by atoms with Crippen molar-refractivity contribution in [2.24, 2.45) is 5.73 Å². The molecule has 0 saturated carbocycles. The number of piperidine rings is 1. The Morgan fingerprint density at radius 1 is 1.13 bits per heavy atom. The van der Waals surface area contributed by atoms with E-state index in [0.717, 1.165) is 31.4 Å². The van der Waals surface area contributed by atoms with Crippen molar-refractivity contribution in [3.8, 4) is 5.75 Å². The van der Waals surface area contributed by atoms with Gasteiger partial charge in [0.1, 0.15) is 11.6 Å². The predicted molar refractivity (Wildman–Crippen MR) is 112 cm³/mol. The molecule has 2 fully saturated rings. The van der Waals surface area contributed by atoms with Gasteiger partial charge >= 0.3 is 0 Å². The average Bonchev–Trinajstić information content (AvgIpc) is 2.99. The van der Waals surface area contributed by atoms with Crippen LogP contribution >= 0.6 is 11.6 Å². The number of anilines is 1. The molecule has 6 nitrogen and oxygen atoms in total. The SMILES string of the molecule is NC(=O)c1cc(Cl)ccc1OCC(=O)N1[C@@H]2CC[C@H]1CC(Nc1ccc(F)cc1)C2. The van der Waals surface area contributed by atoms with Gasteiger partial charge in [0.15, 0.2) is 6.61 Å². The lowest BCUT2D eigenvalue weighted by Gasteiger charge is -2.39. The van der Waals surface area contributed by atoms with Crippen molar-refractivity contribution in [3.63, 3.8) is 0 Å². The molecule has 1 unspecified atom stereocenters. The van der Waals surface area contributed by atoms with Gasteiger partial charge in [-0.2, -0.15) is 0 Å². The van der Waals surface area contributed by atoms with Crippen LogP contribution in [-0.2, 0) is 4.79 Å². The van der Waals surface area contributed by atoms with Gasteiger partial charge in [-0.15, -0.1) is 0 Å². The third-order valence-corrected chi connectivity index (χ3v) is 6.03. The van der Waals surface area contributed by atoms with Crippen LogP contribution in [0, 0.1) is 5.82 Å². The third-order valence-electron chi connectivity index (χ3n) is 5.79. The zero-order valence-corrected chi connectivity index (χ0v) is 17.1. The van der Waals surface area contributed by atoms with E-state index in [-0.39, 0.29) is 47.8 Å². The van der Waals surface area contributed by atoms with Crippen molar-refractivity contribution in [2.45, 2.75) is 43.8 Å². The van der Waals surface area contributed by atoms with Crippen LogP contribution in [0.15, 0.2) is 42.5 Å². The molecule has 4 rings (SSSR count). The second-order valence-corrected chi connectivity index (χ2v) is 8.24. The van der Waals surface area contributed by atoms with E-state index in [4.69, 9.17) is 22.1 Å². The smallest absolute Gasteiger partial charge is 0.261 e. The topological polar surface area (TPSA) is 84.7 Å². The average molecular weight is 432 g/mol. The summed E-state index contributed by atoms with van der Waals surface area (Å²) >= 11 is 5.91. The van der Waals surface area contributed by atoms with Gasteiger partial charge in [0.05, 0.1) is 5.56 Å². The number of nitrogens with two attached hydrogens (primary N) is 1. The number of hydrogen-bond donors (Lipinski definition) is 2. The summed E-state index contributed by atoms with van der Waals surface area (Å²) in [5.41, 5.74) is 6.41. The quantitative estimate of drug-likeness (QED) is 0.732. The Morgan fingerprint density at radius 2 is 1.80 bits per heavy atom. The van der Waals surface area contributed by atoms with Crippen molar-refractivity contribution >= 4 is 29.1 Å². The lowest BCUT2D eigenvalue weighted by Crippen LogP contribution is -2.51. The molecule has 2 aliphatic rings. The Balaban J connectivity index is 1.37. The van der Waals surface area contributed by atoms with Gasteiger partial charge in [-0.25, -0.2) is 4.39 Å². The molecular formula is C22H23ClFN3O3. The maximum absolute atomic E-state index is 13.1. The third kappa shape index (κ3) is 4.36. The number of ether oxygens (including phenoxy) is 1. The summed E-state index contributed by atoms with van der Waals surface area (Å²) in [5.74, 6) is -0.775. The summed E-state index contributed by atoms with van der Waals surface area (Å²) < 4.78 is 18.7. The van der Waals surface area contributed by atoms with Gasteiger partial charge in [-0.3, -0.25) is 9.59 Å². The minimum absolute atomic E-state index is 0.104. The maximum Gasteiger partial charge on any atom is 0.261 e. The fourth-order valence-electron chi connectivity index (χ4n) is 4.52. The highest BCUT2D eigenvalue weighted by molar-refractivity contribution is 6.31. The maximum atomic E-state index is 13.1. The van der Waals surface area contributed by atoms with E-state index in [2.05, 4.69) is 5.32 Å². The molecule has 3 N–H and O–H groups in total. The van der Waals surface area contributed by atoms with Crippen LogP contribution < -0.4 is 15.8 Å². The molecule has 158 valence electrons. The lowest BCUT2D eigenvalue weighted by atomic mass is 9.97. The molecule has 2 aromatic carbocycles. The normalized spacial score (nSPS) is 22.6. The molecule has 0 radical (unpaired) electrons. The number of primary amides is 1. The highest BCUT2D eigenvalue weighted by Crippen LogP contribution is 2.37. The lowest BCUT2D eigenvalue weighted by molar-refractivity contribution is -0.137. The molecule has 2 saturated heterocycles. The largest absolute Gasteiger partial charge is 0.483 e. The van der Waals surface area contributed by atoms with Gasteiger partial charge in [-0.1, -0.05) is 11.6 Å². The molecule has 0 aromatic heterocycles. The molecule has 2 amide bonds. The Morgan fingerprint density at radius 3 is 2.43 bits per heavy atom. The van der Waals surface area contributed by atoms with Crippen LogP contribution in [0.25, 0.3) is 0 Å². The standard InChI is InChI=1S/C22H23ClFN3O3/c23-13-1-8-20(19(9-13)22(25)29)30-12-21(28)27-17-6-7-18(27)11-16(10-17)26-15-4-2-14(24)3-5-15/h1-5,8-9,16-18,26H,6-7,10-12H2,(H2,25,29)/t16?,17-,18+. The second-order valence-electron chi connectivity index (χ2n) is 7.80. The van der Waals surface area contributed by atoms with Crippen molar-refractivity contribution in [2.75, 3.05) is 11.9 Å². The number of nitrogens with one attached hydrogen (secondary N) is 1. The predicted octanol–water partition coefficient (Wildman–Crippen LogP) is 3.59. The van der Waals surface area contributed by atoms with Crippen LogP contribution in [0.4, 0.5) is 10.1 Å². The number of benzene rings is 2. The summed E-state index contributed by atoms with van der Waals surface area (Å²) in [6.45, 7) is -0.162. The van der Waals surface area contributed by atoms with Crippen molar-refractivity contribution < 1.29 is 18.7 Å². The molecular weight excluding hydrogens is 409 g/mol. The van der Waals surface area contributed by atoms with E-state index >= 15 is 0 Å². The van der Waals surface area contributed by atoms with Crippen molar-refractivity contribution in [3.05, 3.63) is 58.9 Å². The highest BCUT2D eigenvalue weighted by Gasteiger charge is 2.43. The molecule has 3 atom stereocenters. The molecule has 2 heterocycles. The van der Waals surface area contributed by atoms with E-state index in [0.29, 0.717) is 5.02 Å². The van der Waals surface area contributed by atoms with Gasteiger partial charge in [0.2, 0.25) is 0 Å². The van der Waals surface area contributed by atoms with Crippen LogP contribution in [-0.4, -0.2) is 41.4 Å². The second kappa shape index (κ2) is 8.52.